The molecule has 4 nitrogen and oxygen atoms in total. The number of rotatable bonds is 6. The molecule has 4 heteroatoms. The van der Waals surface area contributed by atoms with Gasteiger partial charge in [-0.15, -0.1) is 0 Å². The minimum absolute atomic E-state index is 0.0175. The number of carbonyl (C=O) groups excluding carboxylic acids is 1. The Bertz CT molecular complexity index is 610. The van der Waals surface area contributed by atoms with E-state index in [0.29, 0.717) is 6.04 Å². The fraction of sp³-hybridized carbons (Fsp3) is 0.381. The smallest absolute Gasteiger partial charge is 0.236 e. The predicted molar refractivity (Wildman–Crippen MR) is 100 cm³/mol. The average molecular weight is 337 g/mol. The monoisotopic (exact) mass is 337 g/mol. The van der Waals surface area contributed by atoms with E-state index in [4.69, 9.17) is 5.84 Å². The number of carbonyl (C=O) groups is 1. The third-order valence-corrected chi connectivity index (χ3v) is 5.18. The summed E-state index contributed by atoms with van der Waals surface area (Å²) in [5, 5.41) is 0. The Morgan fingerprint density at radius 2 is 1.36 bits per heavy atom. The van der Waals surface area contributed by atoms with Gasteiger partial charge in [0.2, 0.25) is 5.91 Å². The van der Waals surface area contributed by atoms with Gasteiger partial charge < -0.3 is 0 Å². The molecule has 0 bridgehead atoms. The number of hydrogen-bond donors (Lipinski definition) is 2. The molecule has 1 saturated carbocycles. The van der Waals surface area contributed by atoms with Crippen molar-refractivity contribution in [1.82, 2.24) is 10.3 Å². The molecular formula is C21H27N3O. The molecule has 0 aliphatic heterocycles. The van der Waals surface area contributed by atoms with Crippen LogP contribution in [0.4, 0.5) is 0 Å². The summed E-state index contributed by atoms with van der Waals surface area (Å²) in [6.07, 6.45) is 3.90. The zero-order valence-electron chi connectivity index (χ0n) is 14.6. The van der Waals surface area contributed by atoms with Crippen molar-refractivity contribution >= 4 is 5.91 Å². The lowest BCUT2D eigenvalue weighted by Crippen LogP contribution is -2.42. The normalized spacial score (nSPS) is 20.4. The number of nitrogens with two attached hydrogens (primary N) is 1. The highest BCUT2D eigenvalue weighted by molar-refractivity contribution is 5.78. The average Bonchev–Trinajstić information content (AvgIpc) is 2.68. The van der Waals surface area contributed by atoms with Gasteiger partial charge in [-0.1, -0.05) is 60.7 Å². The second-order valence-corrected chi connectivity index (χ2v) is 6.89. The van der Waals surface area contributed by atoms with Crippen molar-refractivity contribution < 1.29 is 4.79 Å². The standard InChI is InChI=1S/C21H27N3O/c22-23-21(25)19-11-13-20(14-12-19)24(15-17-7-3-1-4-8-17)16-18-9-5-2-6-10-18/h1-10,19-20H,11-16,22H2,(H,23,25)/t19-,20-. The van der Waals surface area contributed by atoms with E-state index in [9.17, 15) is 4.79 Å². The van der Waals surface area contributed by atoms with Crippen molar-refractivity contribution in [3.63, 3.8) is 0 Å². The SMILES string of the molecule is NNC(=O)[C@H]1CC[C@H](N(Cc2ccccc2)Cc2ccccc2)CC1. The predicted octanol–water partition coefficient (Wildman–Crippen LogP) is 3.24. The molecule has 0 heterocycles. The van der Waals surface area contributed by atoms with Crippen molar-refractivity contribution in [3.05, 3.63) is 71.8 Å². The van der Waals surface area contributed by atoms with E-state index in [1.807, 2.05) is 0 Å². The molecule has 2 aromatic carbocycles. The van der Waals surface area contributed by atoms with Crippen molar-refractivity contribution in [3.8, 4) is 0 Å². The van der Waals surface area contributed by atoms with Gasteiger partial charge >= 0.3 is 0 Å². The lowest BCUT2D eigenvalue weighted by Gasteiger charge is -2.36. The van der Waals surface area contributed by atoms with Crippen molar-refractivity contribution in [2.24, 2.45) is 11.8 Å². The highest BCUT2D eigenvalue weighted by Gasteiger charge is 2.29. The number of benzene rings is 2. The van der Waals surface area contributed by atoms with Crippen LogP contribution in [0, 0.1) is 5.92 Å². The van der Waals surface area contributed by atoms with Gasteiger partial charge in [0, 0.05) is 25.0 Å². The van der Waals surface area contributed by atoms with Crippen molar-refractivity contribution in [1.29, 1.82) is 0 Å². The first-order chi connectivity index (χ1) is 12.3. The summed E-state index contributed by atoms with van der Waals surface area (Å²) in [5.74, 6) is 5.34. The minimum atomic E-state index is -0.0175. The van der Waals surface area contributed by atoms with E-state index in [2.05, 4.69) is 71.0 Å². The van der Waals surface area contributed by atoms with Gasteiger partial charge in [0.1, 0.15) is 0 Å². The summed E-state index contributed by atoms with van der Waals surface area (Å²) in [4.78, 5) is 14.3. The van der Waals surface area contributed by atoms with Gasteiger partial charge in [-0.3, -0.25) is 15.1 Å². The van der Waals surface area contributed by atoms with Crippen LogP contribution in [0.5, 0.6) is 0 Å². The number of hydrogen-bond acceptors (Lipinski definition) is 3. The molecule has 2 aromatic rings. The molecule has 1 aliphatic carbocycles. The summed E-state index contributed by atoms with van der Waals surface area (Å²) in [5.41, 5.74) is 4.97. The van der Waals surface area contributed by atoms with Crippen molar-refractivity contribution in [2.75, 3.05) is 0 Å². The largest absolute Gasteiger partial charge is 0.294 e. The summed E-state index contributed by atoms with van der Waals surface area (Å²) < 4.78 is 0. The van der Waals surface area contributed by atoms with Crippen LogP contribution >= 0.6 is 0 Å². The number of nitrogens with one attached hydrogen (secondary N) is 1. The van der Waals surface area contributed by atoms with Crippen LogP contribution in [-0.2, 0) is 17.9 Å². The van der Waals surface area contributed by atoms with Crippen LogP contribution in [-0.4, -0.2) is 16.8 Å². The van der Waals surface area contributed by atoms with E-state index in [-0.39, 0.29) is 11.8 Å². The Balaban J connectivity index is 1.69. The van der Waals surface area contributed by atoms with Gasteiger partial charge in [-0.2, -0.15) is 0 Å². The maximum atomic E-state index is 11.8. The third-order valence-electron chi connectivity index (χ3n) is 5.18. The Kier molecular flexibility index (Phi) is 6.20. The summed E-state index contributed by atoms with van der Waals surface area (Å²) in [7, 11) is 0. The summed E-state index contributed by atoms with van der Waals surface area (Å²) in [6.45, 7) is 1.88. The van der Waals surface area contributed by atoms with E-state index >= 15 is 0 Å². The third kappa shape index (κ3) is 4.91. The van der Waals surface area contributed by atoms with Crippen LogP contribution in [0.15, 0.2) is 60.7 Å². The van der Waals surface area contributed by atoms with Gasteiger partial charge in [0.25, 0.3) is 0 Å². The first-order valence-corrected chi connectivity index (χ1v) is 9.08. The molecule has 1 amide bonds. The van der Waals surface area contributed by atoms with Crippen LogP contribution in [0.3, 0.4) is 0 Å². The first-order valence-electron chi connectivity index (χ1n) is 9.08. The molecule has 0 spiro atoms. The number of amides is 1. The molecule has 3 rings (SSSR count). The van der Waals surface area contributed by atoms with E-state index < -0.39 is 0 Å². The maximum absolute atomic E-state index is 11.8. The van der Waals surface area contributed by atoms with Gasteiger partial charge in [0.15, 0.2) is 0 Å². The Morgan fingerprint density at radius 1 is 0.880 bits per heavy atom. The quantitative estimate of drug-likeness (QED) is 0.483. The molecule has 1 aliphatic rings. The van der Waals surface area contributed by atoms with Gasteiger partial charge in [-0.25, -0.2) is 5.84 Å². The molecule has 25 heavy (non-hydrogen) atoms. The second-order valence-electron chi connectivity index (χ2n) is 6.89. The Labute approximate surface area is 150 Å². The van der Waals surface area contributed by atoms with Crippen LogP contribution in [0.1, 0.15) is 36.8 Å². The molecule has 0 unspecified atom stereocenters. The molecule has 0 radical (unpaired) electrons. The fourth-order valence-corrected chi connectivity index (χ4v) is 3.77. The van der Waals surface area contributed by atoms with Gasteiger partial charge in [-0.05, 0) is 36.8 Å². The summed E-state index contributed by atoms with van der Waals surface area (Å²) in [6, 6.07) is 21.7. The van der Waals surface area contributed by atoms with E-state index in [1.54, 1.807) is 0 Å². The second kappa shape index (κ2) is 8.79. The fourth-order valence-electron chi connectivity index (χ4n) is 3.77. The number of hydrazine groups is 1. The van der Waals surface area contributed by atoms with Crippen molar-refractivity contribution in [2.45, 2.75) is 44.8 Å². The summed E-state index contributed by atoms with van der Waals surface area (Å²) >= 11 is 0. The van der Waals surface area contributed by atoms with Crippen LogP contribution < -0.4 is 11.3 Å². The zero-order valence-corrected chi connectivity index (χ0v) is 14.6. The molecule has 0 atom stereocenters. The van der Waals surface area contributed by atoms with Gasteiger partial charge in [0.05, 0.1) is 0 Å². The Hall–Kier alpha value is -2.17. The zero-order chi connectivity index (χ0) is 17.5. The first kappa shape index (κ1) is 17.6. The van der Waals surface area contributed by atoms with E-state index in [1.165, 1.54) is 11.1 Å². The van der Waals surface area contributed by atoms with Crippen LogP contribution in [0.25, 0.3) is 0 Å². The Morgan fingerprint density at radius 3 is 1.80 bits per heavy atom. The van der Waals surface area contributed by atoms with Crippen LogP contribution in [0.2, 0.25) is 0 Å². The highest BCUT2D eigenvalue weighted by atomic mass is 16.2. The topological polar surface area (TPSA) is 58.4 Å². The lowest BCUT2D eigenvalue weighted by atomic mass is 9.84. The van der Waals surface area contributed by atoms with E-state index in [0.717, 1.165) is 38.8 Å². The minimum Gasteiger partial charge on any atom is -0.294 e. The molecule has 3 N–H and O–H groups in total. The highest BCUT2D eigenvalue weighted by Crippen LogP contribution is 2.29. The maximum Gasteiger partial charge on any atom is 0.236 e. The molecule has 0 aromatic heterocycles. The molecule has 0 saturated heterocycles. The lowest BCUT2D eigenvalue weighted by molar-refractivity contribution is -0.126. The molecule has 132 valence electrons. The number of nitrogens with zero attached hydrogens (tertiary/aromatic N) is 1. The molecular weight excluding hydrogens is 310 g/mol. The molecule has 1 fully saturated rings.